The second-order valence-electron chi connectivity index (χ2n) is 6.51. The van der Waals surface area contributed by atoms with E-state index in [-0.39, 0.29) is 18.9 Å². The Morgan fingerprint density at radius 2 is 1.72 bits per heavy atom. The summed E-state index contributed by atoms with van der Waals surface area (Å²) in [6.45, 7) is 4.23. The van der Waals surface area contributed by atoms with Gasteiger partial charge in [-0.1, -0.05) is 24.3 Å². The third-order valence-corrected chi connectivity index (χ3v) is 6.88. The molecule has 29 heavy (non-hydrogen) atoms. The molecule has 0 aliphatic carbocycles. The molecule has 0 aliphatic rings. The van der Waals surface area contributed by atoms with Gasteiger partial charge in [-0.3, -0.25) is 0 Å². The fourth-order valence-electron chi connectivity index (χ4n) is 2.71. The topological polar surface area (TPSA) is 77.5 Å². The van der Waals surface area contributed by atoms with Gasteiger partial charge in [0.2, 0.25) is 10.0 Å². The minimum Gasteiger partial charge on any atom is -0.497 e. The predicted octanol–water partition coefficient (Wildman–Crippen LogP) is 3.93. The number of nitrogens with one attached hydrogen (secondary N) is 1. The maximum Gasteiger partial charge on any atom is 0.215 e. The number of benzene rings is 2. The molecule has 2 aromatic carbocycles. The molecule has 0 saturated carbocycles. The molecule has 0 spiro atoms. The van der Waals surface area contributed by atoms with Gasteiger partial charge in [0.15, 0.2) is 0 Å². The molecule has 1 heterocycles. The van der Waals surface area contributed by atoms with Crippen molar-refractivity contribution in [3.8, 4) is 22.1 Å². The van der Waals surface area contributed by atoms with Crippen molar-refractivity contribution in [2.24, 2.45) is 0 Å². The van der Waals surface area contributed by atoms with Crippen molar-refractivity contribution in [1.29, 1.82) is 0 Å². The minimum atomic E-state index is -3.46. The molecule has 6 nitrogen and oxygen atoms in total. The average Bonchev–Trinajstić information content (AvgIpc) is 3.08. The fourth-order valence-corrected chi connectivity index (χ4v) is 4.70. The number of ether oxygens (including phenoxy) is 2. The number of rotatable bonds is 9. The van der Waals surface area contributed by atoms with Crippen LogP contribution in [0.2, 0.25) is 0 Å². The highest BCUT2D eigenvalue weighted by molar-refractivity contribution is 7.89. The molecule has 0 saturated heterocycles. The molecule has 0 fully saturated rings. The number of thiazole rings is 1. The van der Waals surface area contributed by atoms with E-state index in [0.29, 0.717) is 5.75 Å². The summed E-state index contributed by atoms with van der Waals surface area (Å²) in [6, 6.07) is 15.0. The van der Waals surface area contributed by atoms with Gasteiger partial charge in [0.1, 0.15) is 23.1 Å². The highest BCUT2D eigenvalue weighted by Crippen LogP contribution is 2.30. The van der Waals surface area contributed by atoms with Gasteiger partial charge in [-0.2, -0.15) is 0 Å². The first-order valence-electron chi connectivity index (χ1n) is 9.14. The van der Waals surface area contributed by atoms with Crippen LogP contribution in [0.15, 0.2) is 48.5 Å². The lowest BCUT2D eigenvalue weighted by Crippen LogP contribution is -2.28. The van der Waals surface area contributed by atoms with E-state index >= 15 is 0 Å². The van der Waals surface area contributed by atoms with E-state index in [1.807, 2.05) is 38.1 Å². The van der Waals surface area contributed by atoms with Crippen molar-refractivity contribution in [2.75, 3.05) is 19.5 Å². The van der Waals surface area contributed by atoms with E-state index in [1.165, 1.54) is 11.3 Å². The molecule has 0 aliphatic heterocycles. The van der Waals surface area contributed by atoms with Crippen LogP contribution in [-0.4, -0.2) is 32.9 Å². The summed E-state index contributed by atoms with van der Waals surface area (Å²) in [5, 5.41) is 0.901. The van der Waals surface area contributed by atoms with E-state index in [9.17, 15) is 8.42 Å². The lowest BCUT2D eigenvalue weighted by Gasteiger charge is -2.08. The molecule has 154 valence electrons. The summed E-state index contributed by atoms with van der Waals surface area (Å²) in [7, 11) is -1.88. The standard InChI is InChI=1S/C21H24N2O4S2/c1-15-6-4-5-7-19(15)21-23-16(2)20(28-21)14-22-29(24,25)13-12-27-18-10-8-17(26-3)9-11-18/h4-11,22H,12-14H2,1-3H3. The van der Waals surface area contributed by atoms with Crippen molar-refractivity contribution in [3.63, 3.8) is 0 Å². The van der Waals surface area contributed by atoms with Gasteiger partial charge in [-0.05, 0) is 43.7 Å². The average molecular weight is 433 g/mol. The Labute approximate surface area is 175 Å². The van der Waals surface area contributed by atoms with E-state index in [1.54, 1.807) is 31.4 Å². The van der Waals surface area contributed by atoms with Crippen LogP contribution < -0.4 is 14.2 Å². The number of methoxy groups -OCH3 is 1. The molecule has 3 aromatic rings. The van der Waals surface area contributed by atoms with Crippen LogP contribution in [0.1, 0.15) is 16.1 Å². The van der Waals surface area contributed by atoms with Crippen LogP contribution in [0.25, 0.3) is 10.6 Å². The van der Waals surface area contributed by atoms with Crippen molar-refractivity contribution >= 4 is 21.4 Å². The highest BCUT2D eigenvalue weighted by Gasteiger charge is 2.15. The lowest BCUT2D eigenvalue weighted by molar-refractivity contribution is 0.339. The van der Waals surface area contributed by atoms with Gasteiger partial charge >= 0.3 is 0 Å². The van der Waals surface area contributed by atoms with Gasteiger partial charge in [0.05, 0.1) is 18.6 Å². The molecule has 0 atom stereocenters. The Hall–Kier alpha value is -2.42. The van der Waals surface area contributed by atoms with Crippen LogP contribution >= 0.6 is 11.3 Å². The smallest absolute Gasteiger partial charge is 0.215 e. The first-order valence-corrected chi connectivity index (χ1v) is 11.6. The summed E-state index contributed by atoms with van der Waals surface area (Å²) in [5.41, 5.74) is 3.05. The van der Waals surface area contributed by atoms with E-state index in [2.05, 4.69) is 9.71 Å². The second kappa shape index (κ2) is 9.39. The molecule has 0 amide bonds. The lowest BCUT2D eigenvalue weighted by atomic mass is 10.1. The predicted molar refractivity (Wildman–Crippen MR) is 116 cm³/mol. The second-order valence-corrected chi connectivity index (χ2v) is 9.52. The van der Waals surface area contributed by atoms with E-state index < -0.39 is 10.0 Å². The Balaban J connectivity index is 1.55. The van der Waals surface area contributed by atoms with Crippen LogP contribution in [0, 0.1) is 13.8 Å². The zero-order chi connectivity index (χ0) is 20.9. The summed E-state index contributed by atoms with van der Waals surface area (Å²) < 4.78 is 37.9. The Morgan fingerprint density at radius 3 is 2.41 bits per heavy atom. The number of hydrogen-bond donors (Lipinski definition) is 1. The van der Waals surface area contributed by atoms with Gasteiger partial charge in [0, 0.05) is 17.0 Å². The molecule has 3 rings (SSSR count). The largest absolute Gasteiger partial charge is 0.497 e. The molecule has 0 unspecified atom stereocenters. The molecule has 0 radical (unpaired) electrons. The third-order valence-electron chi connectivity index (χ3n) is 4.40. The van der Waals surface area contributed by atoms with Crippen molar-refractivity contribution in [1.82, 2.24) is 9.71 Å². The van der Waals surface area contributed by atoms with Crippen LogP contribution in [-0.2, 0) is 16.6 Å². The van der Waals surface area contributed by atoms with Gasteiger partial charge in [-0.25, -0.2) is 18.1 Å². The maximum absolute atomic E-state index is 12.3. The first kappa shape index (κ1) is 21.3. The van der Waals surface area contributed by atoms with E-state index in [4.69, 9.17) is 9.47 Å². The molecule has 0 bridgehead atoms. The number of sulfonamides is 1. The van der Waals surface area contributed by atoms with Crippen molar-refractivity contribution in [2.45, 2.75) is 20.4 Å². The van der Waals surface area contributed by atoms with Crippen LogP contribution in [0.5, 0.6) is 11.5 Å². The van der Waals surface area contributed by atoms with E-state index in [0.717, 1.165) is 32.5 Å². The maximum atomic E-state index is 12.3. The quantitative estimate of drug-likeness (QED) is 0.554. The van der Waals surface area contributed by atoms with Crippen LogP contribution in [0.4, 0.5) is 0 Å². The normalized spacial score (nSPS) is 11.4. The Morgan fingerprint density at radius 1 is 1.03 bits per heavy atom. The van der Waals surface area contributed by atoms with Gasteiger partial charge in [0.25, 0.3) is 0 Å². The van der Waals surface area contributed by atoms with Crippen molar-refractivity contribution in [3.05, 3.63) is 64.7 Å². The monoisotopic (exact) mass is 432 g/mol. The number of nitrogens with zero attached hydrogens (tertiary/aromatic N) is 1. The summed E-state index contributed by atoms with van der Waals surface area (Å²) in [5.74, 6) is 1.19. The Kier molecular flexibility index (Phi) is 6.89. The number of hydrogen-bond acceptors (Lipinski definition) is 6. The third kappa shape index (κ3) is 5.79. The van der Waals surface area contributed by atoms with Crippen molar-refractivity contribution < 1.29 is 17.9 Å². The molecule has 1 N–H and O–H groups in total. The SMILES string of the molecule is COc1ccc(OCCS(=O)(=O)NCc2sc(-c3ccccc3C)nc2C)cc1. The summed E-state index contributed by atoms with van der Waals surface area (Å²) in [6.07, 6.45) is 0. The summed E-state index contributed by atoms with van der Waals surface area (Å²) >= 11 is 1.51. The first-order chi connectivity index (χ1) is 13.9. The molecule has 1 aromatic heterocycles. The summed E-state index contributed by atoms with van der Waals surface area (Å²) in [4.78, 5) is 5.51. The Bertz CT molecular complexity index is 1060. The fraction of sp³-hybridized carbons (Fsp3) is 0.286. The van der Waals surface area contributed by atoms with Gasteiger partial charge in [-0.15, -0.1) is 11.3 Å². The minimum absolute atomic E-state index is 0.0673. The van der Waals surface area contributed by atoms with Gasteiger partial charge < -0.3 is 9.47 Å². The molecular formula is C21H24N2O4S2. The molecule has 8 heteroatoms. The highest BCUT2D eigenvalue weighted by atomic mass is 32.2. The number of aromatic nitrogens is 1. The molecular weight excluding hydrogens is 408 g/mol. The zero-order valence-corrected chi connectivity index (χ0v) is 18.3. The number of aryl methyl sites for hydroxylation is 2. The zero-order valence-electron chi connectivity index (χ0n) is 16.6. The van der Waals surface area contributed by atoms with Crippen LogP contribution in [0.3, 0.4) is 0 Å².